The number of hydrogen-bond acceptors (Lipinski definition) is 6. The van der Waals surface area contributed by atoms with Crippen LogP contribution in [0.2, 0.25) is 0 Å². The normalized spacial score (nSPS) is 12.6. The molecule has 1 atom stereocenters. The number of hydrogen-bond donors (Lipinski definition) is 1. The lowest BCUT2D eigenvalue weighted by atomic mass is 10.2. The zero-order chi connectivity index (χ0) is 21.2. The first-order valence-electron chi connectivity index (χ1n) is 8.16. The van der Waals surface area contributed by atoms with Crippen molar-refractivity contribution in [1.82, 2.24) is 24.7 Å². The topological polar surface area (TPSA) is 85.6 Å². The molecule has 0 aliphatic rings. The van der Waals surface area contributed by atoms with Gasteiger partial charge in [0, 0.05) is 23.0 Å². The van der Waals surface area contributed by atoms with Gasteiger partial charge in [-0.05, 0) is 36.8 Å². The molecule has 0 aliphatic carbocycles. The van der Waals surface area contributed by atoms with E-state index in [-0.39, 0.29) is 21.2 Å². The molecule has 0 unspecified atom stereocenters. The van der Waals surface area contributed by atoms with E-state index in [9.17, 15) is 18.0 Å². The Bertz CT molecular complexity index is 1040. The van der Waals surface area contributed by atoms with Crippen LogP contribution in [0.25, 0.3) is 0 Å². The second kappa shape index (κ2) is 8.49. The number of pyridine rings is 2. The van der Waals surface area contributed by atoms with Gasteiger partial charge in [-0.25, -0.2) is 9.97 Å². The Labute approximate surface area is 176 Å². The Morgan fingerprint density at radius 3 is 2.72 bits per heavy atom. The SMILES string of the molecule is C[C@H](Sc1nncn1C)c1ccnc(NC(=O)c2cc(Br)cc(C(F)(F)F)n2)c1. The summed E-state index contributed by atoms with van der Waals surface area (Å²) in [7, 11) is 1.83. The van der Waals surface area contributed by atoms with Crippen molar-refractivity contribution in [3.63, 3.8) is 0 Å². The highest BCUT2D eigenvalue weighted by Gasteiger charge is 2.33. The van der Waals surface area contributed by atoms with Crippen LogP contribution in [0, 0.1) is 0 Å². The van der Waals surface area contributed by atoms with Crippen molar-refractivity contribution in [1.29, 1.82) is 0 Å². The molecular weight excluding hydrogens is 473 g/mol. The van der Waals surface area contributed by atoms with E-state index in [1.807, 2.05) is 14.0 Å². The summed E-state index contributed by atoms with van der Waals surface area (Å²) < 4.78 is 40.6. The lowest BCUT2D eigenvalue weighted by Crippen LogP contribution is -2.18. The van der Waals surface area contributed by atoms with E-state index in [1.54, 1.807) is 23.0 Å². The molecule has 3 rings (SSSR count). The Morgan fingerprint density at radius 2 is 2.07 bits per heavy atom. The molecule has 0 fully saturated rings. The molecule has 0 aromatic carbocycles. The number of rotatable bonds is 5. The Balaban J connectivity index is 1.77. The molecule has 0 radical (unpaired) electrons. The zero-order valence-electron chi connectivity index (χ0n) is 15.1. The van der Waals surface area contributed by atoms with Crippen molar-refractivity contribution in [2.45, 2.75) is 23.5 Å². The predicted octanol–water partition coefficient (Wildman–Crippen LogP) is 4.49. The number of alkyl halides is 3. The first kappa shape index (κ1) is 21.2. The zero-order valence-corrected chi connectivity index (χ0v) is 17.5. The Kier molecular flexibility index (Phi) is 6.22. The number of amides is 1. The van der Waals surface area contributed by atoms with E-state index < -0.39 is 17.8 Å². The van der Waals surface area contributed by atoms with Crippen molar-refractivity contribution < 1.29 is 18.0 Å². The predicted molar refractivity (Wildman–Crippen MR) is 104 cm³/mol. The third-order valence-electron chi connectivity index (χ3n) is 3.76. The number of carbonyl (C=O) groups is 1. The van der Waals surface area contributed by atoms with Crippen molar-refractivity contribution in [2.24, 2.45) is 7.05 Å². The number of nitrogens with one attached hydrogen (secondary N) is 1. The minimum atomic E-state index is -4.66. The second-order valence-corrected chi connectivity index (χ2v) is 8.19. The van der Waals surface area contributed by atoms with Crippen LogP contribution < -0.4 is 5.32 Å². The third-order valence-corrected chi connectivity index (χ3v) is 5.42. The molecule has 0 spiro atoms. The van der Waals surface area contributed by atoms with Gasteiger partial charge in [-0.15, -0.1) is 10.2 Å². The fraction of sp³-hybridized carbons (Fsp3) is 0.235. The molecule has 0 bridgehead atoms. The first-order chi connectivity index (χ1) is 13.6. The minimum absolute atomic E-state index is 0.0302. The van der Waals surface area contributed by atoms with Gasteiger partial charge in [0.05, 0.1) is 0 Å². The van der Waals surface area contributed by atoms with E-state index in [0.29, 0.717) is 0 Å². The molecule has 12 heteroatoms. The summed E-state index contributed by atoms with van der Waals surface area (Å²) in [4.78, 5) is 19.9. The maximum absolute atomic E-state index is 12.9. The smallest absolute Gasteiger partial charge is 0.312 e. The fourth-order valence-electron chi connectivity index (χ4n) is 2.31. The van der Waals surface area contributed by atoms with E-state index in [4.69, 9.17) is 0 Å². The van der Waals surface area contributed by atoms with Gasteiger partial charge in [0.1, 0.15) is 23.5 Å². The van der Waals surface area contributed by atoms with Crippen LogP contribution in [0.15, 0.2) is 46.4 Å². The standard InChI is InChI=1S/C17H14BrF3N6OS/c1-9(29-16-26-23-8-27(16)2)10-3-4-22-14(5-10)25-15(28)12-6-11(18)7-13(24-12)17(19,20)21/h3-9H,1-2H3,(H,22,25,28)/t9-/m0/s1. The van der Waals surface area contributed by atoms with Gasteiger partial charge in [-0.2, -0.15) is 13.2 Å². The highest BCUT2D eigenvalue weighted by atomic mass is 79.9. The summed E-state index contributed by atoms with van der Waals surface area (Å²) in [5.41, 5.74) is -0.686. The van der Waals surface area contributed by atoms with E-state index in [0.717, 1.165) is 16.8 Å². The Hall–Kier alpha value is -2.47. The van der Waals surface area contributed by atoms with Gasteiger partial charge in [0.2, 0.25) is 0 Å². The summed E-state index contributed by atoms with van der Waals surface area (Å²) in [5.74, 6) is -0.594. The monoisotopic (exact) mass is 486 g/mol. The number of anilines is 1. The minimum Gasteiger partial charge on any atom is -0.312 e. The summed E-state index contributed by atoms with van der Waals surface area (Å²) in [6, 6.07) is 5.44. The van der Waals surface area contributed by atoms with Gasteiger partial charge in [-0.1, -0.05) is 27.7 Å². The first-order valence-corrected chi connectivity index (χ1v) is 9.83. The van der Waals surface area contributed by atoms with Gasteiger partial charge in [0.15, 0.2) is 5.16 Å². The van der Waals surface area contributed by atoms with Crippen molar-refractivity contribution in [3.05, 3.63) is 58.2 Å². The van der Waals surface area contributed by atoms with Crippen LogP contribution in [0.1, 0.15) is 33.9 Å². The van der Waals surface area contributed by atoms with Gasteiger partial charge < -0.3 is 9.88 Å². The number of aryl methyl sites for hydroxylation is 1. The number of halogens is 4. The lowest BCUT2D eigenvalue weighted by Gasteiger charge is -2.13. The van der Waals surface area contributed by atoms with E-state index in [1.165, 1.54) is 24.0 Å². The molecule has 3 aromatic heterocycles. The Morgan fingerprint density at radius 1 is 1.31 bits per heavy atom. The summed E-state index contributed by atoms with van der Waals surface area (Å²) in [6.07, 6.45) is -1.56. The molecule has 3 heterocycles. The second-order valence-electron chi connectivity index (χ2n) is 5.97. The quantitative estimate of drug-likeness (QED) is 0.534. The van der Waals surface area contributed by atoms with Crippen LogP contribution in [-0.2, 0) is 13.2 Å². The maximum atomic E-state index is 12.9. The van der Waals surface area contributed by atoms with Crippen LogP contribution in [0.4, 0.5) is 19.0 Å². The largest absolute Gasteiger partial charge is 0.433 e. The average Bonchev–Trinajstić information content (AvgIpc) is 3.05. The molecule has 152 valence electrons. The summed E-state index contributed by atoms with van der Waals surface area (Å²) in [6.45, 7) is 1.95. The number of aromatic nitrogens is 5. The van der Waals surface area contributed by atoms with Crippen LogP contribution >= 0.6 is 27.7 Å². The highest BCUT2D eigenvalue weighted by molar-refractivity contribution is 9.10. The van der Waals surface area contributed by atoms with Crippen molar-refractivity contribution in [3.8, 4) is 0 Å². The van der Waals surface area contributed by atoms with E-state index in [2.05, 4.69) is 41.4 Å². The number of thioether (sulfide) groups is 1. The summed E-state index contributed by atoms with van der Waals surface area (Å²) >= 11 is 4.44. The molecule has 3 aromatic rings. The molecule has 0 aliphatic heterocycles. The average molecular weight is 487 g/mol. The molecule has 7 nitrogen and oxygen atoms in total. The van der Waals surface area contributed by atoms with Gasteiger partial charge in [0.25, 0.3) is 5.91 Å². The number of carbonyl (C=O) groups excluding carboxylic acids is 1. The van der Waals surface area contributed by atoms with Crippen molar-refractivity contribution >= 4 is 39.4 Å². The molecule has 0 saturated heterocycles. The maximum Gasteiger partial charge on any atom is 0.433 e. The molecular formula is C17H14BrF3N6OS. The molecule has 29 heavy (non-hydrogen) atoms. The molecule has 1 amide bonds. The highest BCUT2D eigenvalue weighted by Crippen LogP contribution is 2.34. The lowest BCUT2D eigenvalue weighted by molar-refractivity contribution is -0.141. The fourth-order valence-corrected chi connectivity index (χ4v) is 3.65. The van der Waals surface area contributed by atoms with Crippen LogP contribution in [0.3, 0.4) is 0 Å². The van der Waals surface area contributed by atoms with Crippen LogP contribution in [0.5, 0.6) is 0 Å². The molecule has 0 saturated carbocycles. The molecule has 1 N–H and O–H groups in total. The van der Waals surface area contributed by atoms with E-state index >= 15 is 0 Å². The number of nitrogens with zero attached hydrogens (tertiary/aromatic N) is 5. The third kappa shape index (κ3) is 5.32. The van der Waals surface area contributed by atoms with Crippen LogP contribution in [-0.4, -0.2) is 30.6 Å². The summed E-state index contributed by atoms with van der Waals surface area (Å²) in [5, 5.41) is 11.0. The van der Waals surface area contributed by atoms with Gasteiger partial charge in [-0.3, -0.25) is 4.79 Å². The van der Waals surface area contributed by atoms with Gasteiger partial charge >= 0.3 is 6.18 Å². The van der Waals surface area contributed by atoms with Crippen molar-refractivity contribution in [2.75, 3.05) is 5.32 Å².